The largest absolute Gasteiger partial charge is 0.467 e. The molecule has 0 radical (unpaired) electrons. The summed E-state index contributed by atoms with van der Waals surface area (Å²) in [6.45, 7) is 0.0563. The second kappa shape index (κ2) is 4.02. The molecule has 0 unspecified atom stereocenters. The number of hydrogen-bond donors (Lipinski definition) is 1. The second-order valence-corrected chi connectivity index (χ2v) is 3.18. The number of nitrogens with two attached hydrogens (primary N) is 1. The van der Waals surface area contributed by atoms with Crippen LogP contribution < -0.4 is 5.73 Å². The first-order chi connectivity index (χ1) is 7.65. The lowest BCUT2D eigenvalue weighted by molar-refractivity contribution is 0.448. The molecule has 2 N–H and O–H groups in total. The molecule has 0 aliphatic heterocycles. The van der Waals surface area contributed by atoms with Crippen molar-refractivity contribution in [1.82, 2.24) is 0 Å². The maximum absolute atomic E-state index is 13.4. The van der Waals surface area contributed by atoms with Crippen molar-refractivity contribution in [3.05, 3.63) is 47.7 Å². The molecule has 1 heterocycles. The molecule has 2 rings (SSSR count). The minimum Gasteiger partial charge on any atom is -0.467 e. The summed E-state index contributed by atoms with van der Waals surface area (Å²) in [6.07, 6.45) is 1.32. The third-order valence-corrected chi connectivity index (χ3v) is 2.26. The van der Waals surface area contributed by atoms with Gasteiger partial charge in [0.1, 0.15) is 5.76 Å². The van der Waals surface area contributed by atoms with E-state index in [2.05, 4.69) is 0 Å². The van der Waals surface area contributed by atoms with Gasteiger partial charge in [0.25, 0.3) is 0 Å². The SMILES string of the molecule is NCc1occc1-c1ccc(F)c(F)c1F. The Labute approximate surface area is 89.5 Å². The quantitative estimate of drug-likeness (QED) is 0.801. The summed E-state index contributed by atoms with van der Waals surface area (Å²) >= 11 is 0. The molecule has 0 fully saturated rings. The first-order valence-corrected chi connectivity index (χ1v) is 4.55. The molecular formula is C11H8F3NO. The Kier molecular flexibility index (Phi) is 2.70. The van der Waals surface area contributed by atoms with Gasteiger partial charge in [-0.3, -0.25) is 0 Å². The Balaban J connectivity index is 2.61. The third kappa shape index (κ3) is 1.59. The summed E-state index contributed by atoms with van der Waals surface area (Å²) in [6, 6.07) is 3.47. The summed E-state index contributed by atoms with van der Waals surface area (Å²) in [5, 5.41) is 0. The molecular weight excluding hydrogens is 219 g/mol. The van der Waals surface area contributed by atoms with Crippen LogP contribution in [0.4, 0.5) is 13.2 Å². The lowest BCUT2D eigenvalue weighted by atomic mass is 10.1. The number of furan rings is 1. The Morgan fingerprint density at radius 1 is 1.00 bits per heavy atom. The fraction of sp³-hybridized carbons (Fsp3) is 0.0909. The van der Waals surface area contributed by atoms with Crippen molar-refractivity contribution in [3.8, 4) is 11.1 Å². The summed E-state index contributed by atoms with van der Waals surface area (Å²) < 4.78 is 44.2. The van der Waals surface area contributed by atoms with Crippen LogP contribution in [-0.4, -0.2) is 0 Å². The Morgan fingerprint density at radius 3 is 2.44 bits per heavy atom. The maximum Gasteiger partial charge on any atom is 0.195 e. The fourth-order valence-corrected chi connectivity index (χ4v) is 1.47. The van der Waals surface area contributed by atoms with E-state index in [1.165, 1.54) is 12.3 Å². The molecule has 0 saturated heterocycles. The molecule has 2 aromatic rings. The number of benzene rings is 1. The van der Waals surface area contributed by atoms with Gasteiger partial charge < -0.3 is 10.2 Å². The van der Waals surface area contributed by atoms with Gasteiger partial charge in [-0.2, -0.15) is 0 Å². The Morgan fingerprint density at radius 2 is 1.75 bits per heavy atom. The van der Waals surface area contributed by atoms with Crippen LogP contribution in [0.3, 0.4) is 0 Å². The highest BCUT2D eigenvalue weighted by molar-refractivity contribution is 5.66. The maximum atomic E-state index is 13.4. The van der Waals surface area contributed by atoms with Gasteiger partial charge >= 0.3 is 0 Å². The summed E-state index contributed by atoms with van der Waals surface area (Å²) in [5.74, 6) is -3.64. The van der Waals surface area contributed by atoms with Crippen LogP contribution in [0.2, 0.25) is 0 Å². The molecule has 84 valence electrons. The Bertz CT molecular complexity index is 522. The minimum absolute atomic E-state index is 0.0563. The van der Waals surface area contributed by atoms with Crippen molar-refractivity contribution in [2.75, 3.05) is 0 Å². The predicted molar refractivity (Wildman–Crippen MR) is 51.9 cm³/mol. The topological polar surface area (TPSA) is 39.2 Å². The van der Waals surface area contributed by atoms with Crippen LogP contribution in [0.5, 0.6) is 0 Å². The molecule has 1 aromatic heterocycles. The van der Waals surface area contributed by atoms with Crippen LogP contribution in [0, 0.1) is 17.5 Å². The van der Waals surface area contributed by atoms with Crippen molar-refractivity contribution in [2.45, 2.75) is 6.54 Å². The van der Waals surface area contributed by atoms with Crippen LogP contribution in [0.25, 0.3) is 11.1 Å². The van der Waals surface area contributed by atoms with Crippen molar-refractivity contribution in [3.63, 3.8) is 0 Å². The number of hydrogen-bond acceptors (Lipinski definition) is 2. The average molecular weight is 227 g/mol. The zero-order valence-electron chi connectivity index (χ0n) is 8.14. The van der Waals surface area contributed by atoms with Crippen molar-refractivity contribution in [1.29, 1.82) is 0 Å². The normalized spacial score (nSPS) is 10.8. The smallest absolute Gasteiger partial charge is 0.195 e. The zero-order valence-corrected chi connectivity index (χ0v) is 8.14. The Hall–Kier alpha value is -1.75. The molecule has 0 bridgehead atoms. The zero-order chi connectivity index (χ0) is 11.7. The van der Waals surface area contributed by atoms with E-state index in [4.69, 9.17) is 10.2 Å². The third-order valence-electron chi connectivity index (χ3n) is 2.26. The van der Waals surface area contributed by atoms with Gasteiger partial charge in [0.15, 0.2) is 17.5 Å². The fourth-order valence-electron chi connectivity index (χ4n) is 1.47. The average Bonchev–Trinajstić information content (AvgIpc) is 2.74. The standard InChI is InChI=1S/C11H8F3NO/c12-8-2-1-7(10(13)11(8)14)6-3-4-16-9(6)5-15/h1-4H,5,15H2. The molecule has 16 heavy (non-hydrogen) atoms. The lowest BCUT2D eigenvalue weighted by Crippen LogP contribution is -1.99. The van der Waals surface area contributed by atoms with Crippen molar-refractivity contribution < 1.29 is 17.6 Å². The molecule has 0 spiro atoms. The molecule has 2 nitrogen and oxygen atoms in total. The van der Waals surface area contributed by atoms with Crippen molar-refractivity contribution in [2.24, 2.45) is 5.73 Å². The molecule has 5 heteroatoms. The van der Waals surface area contributed by atoms with Gasteiger partial charge in [0, 0.05) is 11.1 Å². The molecule has 0 saturated carbocycles. The summed E-state index contributed by atoms with van der Waals surface area (Å²) in [5.41, 5.74) is 5.64. The van der Waals surface area contributed by atoms with Gasteiger partial charge in [-0.1, -0.05) is 0 Å². The molecule has 0 amide bonds. The van der Waals surface area contributed by atoms with E-state index in [0.717, 1.165) is 12.1 Å². The van der Waals surface area contributed by atoms with E-state index in [1.807, 2.05) is 0 Å². The molecule has 1 aromatic carbocycles. The minimum atomic E-state index is -1.50. The van der Waals surface area contributed by atoms with E-state index in [1.54, 1.807) is 0 Å². The predicted octanol–water partition coefficient (Wildman–Crippen LogP) is 2.82. The van der Waals surface area contributed by atoms with Crippen LogP contribution in [0.1, 0.15) is 5.76 Å². The summed E-state index contributed by atoms with van der Waals surface area (Å²) in [7, 11) is 0. The molecule has 0 aliphatic rings. The first-order valence-electron chi connectivity index (χ1n) is 4.55. The van der Waals surface area contributed by atoms with Gasteiger partial charge in [0.05, 0.1) is 12.8 Å². The summed E-state index contributed by atoms with van der Waals surface area (Å²) in [4.78, 5) is 0. The van der Waals surface area contributed by atoms with Crippen molar-refractivity contribution >= 4 is 0 Å². The molecule has 0 atom stereocenters. The number of rotatable bonds is 2. The lowest BCUT2D eigenvalue weighted by Gasteiger charge is -2.04. The first kappa shape index (κ1) is 10.8. The van der Waals surface area contributed by atoms with E-state index in [9.17, 15) is 13.2 Å². The van der Waals surface area contributed by atoms with Crippen LogP contribution in [0.15, 0.2) is 28.9 Å². The van der Waals surface area contributed by atoms with Crippen LogP contribution in [-0.2, 0) is 6.54 Å². The van der Waals surface area contributed by atoms with E-state index >= 15 is 0 Å². The van der Waals surface area contributed by atoms with Gasteiger partial charge in [-0.25, -0.2) is 13.2 Å². The van der Waals surface area contributed by atoms with Crippen LogP contribution >= 0.6 is 0 Å². The highest BCUT2D eigenvalue weighted by Crippen LogP contribution is 2.29. The van der Waals surface area contributed by atoms with E-state index < -0.39 is 17.5 Å². The van der Waals surface area contributed by atoms with Gasteiger partial charge in [-0.05, 0) is 18.2 Å². The monoisotopic (exact) mass is 227 g/mol. The van der Waals surface area contributed by atoms with E-state index in [0.29, 0.717) is 11.3 Å². The van der Waals surface area contributed by atoms with E-state index in [-0.39, 0.29) is 12.1 Å². The highest BCUT2D eigenvalue weighted by Gasteiger charge is 2.17. The van der Waals surface area contributed by atoms with Gasteiger partial charge in [0.2, 0.25) is 0 Å². The second-order valence-electron chi connectivity index (χ2n) is 3.18. The highest BCUT2D eigenvalue weighted by atomic mass is 19.2. The number of halogens is 3. The van der Waals surface area contributed by atoms with Gasteiger partial charge in [-0.15, -0.1) is 0 Å². The molecule has 0 aliphatic carbocycles.